The van der Waals surface area contributed by atoms with Crippen LogP contribution in [0.3, 0.4) is 0 Å². The number of nitrogens with zero attached hydrogens (tertiary/aromatic N) is 1. The molecule has 0 spiro atoms. The number of carbonyl (C=O) groups is 1. The Morgan fingerprint density at radius 1 is 0.828 bits per heavy atom. The van der Waals surface area contributed by atoms with Crippen LogP contribution in [0.1, 0.15) is 15.9 Å². The summed E-state index contributed by atoms with van der Waals surface area (Å²) in [6, 6.07) is 30.1. The molecule has 1 N–H and O–H groups in total. The van der Waals surface area contributed by atoms with E-state index < -0.39 is 0 Å². The van der Waals surface area contributed by atoms with Crippen LogP contribution in [0.4, 0.5) is 0 Å². The third-order valence-corrected chi connectivity index (χ3v) is 6.07. The third-order valence-electron chi connectivity index (χ3n) is 4.98. The zero-order valence-corrected chi connectivity index (χ0v) is 16.4. The second kappa shape index (κ2) is 7.49. The molecule has 1 heterocycles. The second-order valence-electron chi connectivity index (χ2n) is 6.89. The second-order valence-corrected chi connectivity index (χ2v) is 7.92. The van der Waals surface area contributed by atoms with Gasteiger partial charge in [0.2, 0.25) is 0 Å². The fraction of sp³-hybridized carbons (Fsp3) is 0.0400. The Labute approximate surface area is 172 Å². The summed E-state index contributed by atoms with van der Waals surface area (Å²) in [5.41, 5.74) is 3.88. The smallest absolute Gasteiger partial charge is 0.252 e. The van der Waals surface area contributed by atoms with Crippen molar-refractivity contribution in [1.29, 1.82) is 0 Å². The average Bonchev–Trinajstić information content (AvgIpc) is 3.22. The van der Waals surface area contributed by atoms with Crippen LogP contribution in [-0.2, 0) is 6.54 Å². The number of fused-ring (bicyclic) bond motifs is 2. The Hall–Kier alpha value is -3.50. The highest BCUT2D eigenvalue weighted by Crippen LogP contribution is 2.30. The fourth-order valence-electron chi connectivity index (χ4n) is 3.46. The number of aromatic nitrogens is 1. The summed E-state index contributed by atoms with van der Waals surface area (Å²) in [4.78, 5) is 17.4. The fourth-order valence-corrected chi connectivity index (χ4v) is 4.43. The van der Waals surface area contributed by atoms with E-state index in [9.17, 15) is 4.79 Å². The number of rotatable bonds is 4. The van der Waals surface area contributed by atoms with Crippen LogP contribution < -0.4 is 5.32 Å². The van der Waals surface area contributed by atoms with Crippen molar-refractivity contribution in [1.82, 2.24) is 10.3 Å². The van der Waals surface area contributed by atoms with Gasteiger partial charge in [-0.2, -0.15) is 0 Å². The molecular weight excluding hydrogens is 376 g/mol. The highest BCUT2D eigenvalue weighted by molar-refractivity contribution is 7.21. The number of thiazole rings is 1. The van der Waals surface area contributed by atoms with Gasteiger partial charge in [-0.1, -0.05) is 72.8 Å². The van der Waals surface area contributed by atoms with Gasteiger partial charge in [0.05, 0.1) is 10.2 Å². The Balaban J connectivity index is 1.31. The summed E-state index contributed by atoms with van der Waals surface area (Å²) >= 11 is 1.69. The summed E-state index contributed by atoms with van der Waals surface area (Å²) < 4.78 is 1.19. The van der Waals surface area contributed by atoms with Gasteiger partial charge in [-0.25, -0.2) is 4.98 Å². The van der Waals surface area contributed by atoms with Gasteiger partial charge >= 0.3 is 0 Å². The number of benzene rings is 4. The van der Waals surface area contributed by atoms with E-state index in [0.717, 1.165) is 32.4 Å². The molecule has 3 nitrogen and oxygen atoms in total. The minimum atomic E-state index is -0.0583. The molecule has 0 saturated heterocycles. The average molecular weight is 394 g/mol. The van der Waals surface area contributed by atoms with Gasteiger partial charge < -0.3 is 5.32 Å². The topological polar surface area (TPSA) is 42.0 Å². The molecule has 0 bridgehead atoms. The molecule has 0 aliphatic heterocycles. The molecule has 0 saturated carbocycles. The van der Waals surface area contributed by atoms with E-state index in [1.807, 2.05) is 72.8 Å². The maximum absolute atomic E-state index is 12.7. The molecule has 0 atom stereocenters. The van der Waals surface area contributed by atoms with Crippen molar-refractivity contribution in [2.75, 3.05) is 0 Å². The number of hydrogen-bond donors (Lipinski definition) is 1. The highest BCUT2D eigenvalue weighted by Gasteiger charge is 2.10. The standard InChI is InChI=1S/C25H18N2OS/c28-24(21-9-5-7-18-6-1-2-8-20(18)21)26-16-17-12-14-19(15-13-17)25-27-22-10-3-4-11-23(22)29-25/h1-15H,16H2,(H,26,28). The number of para-hydroxylation sites is 1. The molecule has 1 amide bonds. The van der Waals surface area contributed by atoms with Crippen LogP contribution in [0.25, 0.3) is 31.6 Å². The zero-order chi connectivity index (χ0) is 19.6. The maximum atomic E-state index is 12.7. The van der Waals surface area contributed by atoms with Gasteiger partial charge in [0.15, 0.2) is 0 Å². The lowest BCUT2D eigenvalue weighted by molar-refractivity contribution is 0.0952. The minimum Gasteiger partial charge on any atom is -0.348 e. The van der Waals surface area contributed by atoms with Crippen molar-refractivity contribution < 1.29 is 4.79 Å². The van der Waals surface area contributed by atoms with Crippen LogP contribution in [0.2, 0.25) is 0 Å². The Morgan fingerprint density at radius 3 is 2.45 bits per heavy atom. The van der Waals surface area contributed by atoms with Crippen LogP contribution in [0.5, 0.6) is 0 Å². The van der Waals surface area contributed by atoms with Crippen molar-refractivity contribution in [3.05, 3.63) is 102 Å². The van der Waals surface area contributed by atoms with Crippen molar-refractivity contribution in [3.63, 3.8) is 0 Å². The predicted molar refractivity (Wildman–Crippen MR) is 120 cm³/mol. The Bertz CT molecular complexity index is 1280. The third kappa shape index (κ3) is 3.50. The first kappa shape index (κ1) is 17.6. The molecule has 0 fully saturated rings. The molecule has 0 radical (unpaired) electrons. The number of nitrogens with one attached hydrogen (secondary N) is 1. The molecule has 0 aliphatic rings. The Morgan fingerprint density at radius 2 is 1.59 bits per heavy atom. The van der Waals surface area contributed by atoms with E-state index in [2.05, 4.69) is 23.5 Å². The number of hydrogen-bond acceptors (Lipinski definition) is 3. The number of carbonyl (C=O) groups excluding carboxylic acids is 1. The summed E-state index contributed by atoms with van der Waals surface area (Å²) in [6.07, 6.45) is 0. The highest BCUT2D eigenvalue weighted by atomic mass is 32.1. The molecule has 0 unspecified atom stereocenters. The monoisotopic (exact) mass is 394 g/mol. The van der Waals surface area contributed by atoms with Crippen molar-refractivity contribution in [2.45, 2.75) is 6.54 Å². The van der Waals surface area contributed by atoms with Gasteiger partial charge in [0.25, 0.3) is 5.91 Å². The van der Waals surface area contributed by atoms with Crippen molar-refractivity contribution >= 4 is 38.2 Å². The molecule has 0 aliphatic carbocycles. The predicted octanol–water partition coefficient (Wildman–Crippen LogP) is 6.05. The summed E-state index contributed by atoms with van der Waals surface area (Å²) in [5.74, 6) is -0.0583. The zero-order valence-electron chi connectivity index (χ0n) is 15.6. The van der Waals surface area contributed by atoms with Gasteiger partial charge in [-0.3, -0.25) is 4.79 Å². The van der Waals surface area contributed by atoms with E-state index in [1.165, 1.54) is 4.70 Å². The van der Waals surface area contributed by atoms with Gasteiger partial charge in [-0.15, -0.1) is 11.3 Å². The van der Waals surface area contributed by atoms with Crippen LogP contribution in [0, 0.1) is 0 Å². The molecule has 1 aromatic heterocycles. The van der Waals surface area contributed by atoms with E-state index in [1.54, 1.807) is 11.3 Å². The summed E-state index contributed by atoms with van der Waals surface area (Å²) in [5, 5.41) is 6.09. The van der Waals surface area contributed by atoms with E-state index in [4.69, 9.17) is 4.98 Å². The SMILES string of the molecule is O=C(NCc1ccc(-c2nc3ccccc3s2)cc1)c1cccc2ccccc12. The summed E-state index contributed by atoms with van der Waals surface area (Å²) in [6.45, 7) is 0.488. The molecule has 5 aromatic rings. The van der Waals surface area contributed by atoms with Crippen molar-refractivity contribution in [3.8, 4) is 10.6 Å². The lowest BCUT2D eigenvalue weighted by atomic mass is 10.0. The molecule has 29 heavy (non-hydrogen) atoms. The van der Waals surface area contributed by atoms with Crippen molar-refractivity contribution in [2.24, 2.45) is 0 Å². The largest absolute Gasteiger partial charge is 0.348 e. The lowest BCUT2D eigenvalue weighted by Crippen LogP contribution is -2.22. The van der Waals surface area contributed by atoms with Crippen LogP contribution >= 0.6 is 11.3 Å². The van der Waals surface area contributed by atoms with E-state index >= 15 is 0 Å². The van der Waals surface area contributed by atoms with Gasteiger partial charge in [0, 0.05) is 17.7 Å². The van der Waals surface area contributed by atoms with Gasteiger partial charge in [-0.05, 0) is 34.5 Å². The first-order valence-corrected chi connectivity index (χ1v) is 10.3. The van der Waals surface area contributed by atoms with E-state index in [0.29, 0.717) is 12.1 Å². The molecule has 5 rings (SSSR count). The minimum absolute atomic E-state index is 0.0583. The molecule has 4 aromatic carbocycles. The van der Waals surface area contributed by atoms with Crippen LogP contribution in [0.15, 0.2) is 91.0 Å². The molecular formula is C25H18N2OS. The Kier molecular flexibility index (Phi) is 4.54. The lowest BCUT2D eigenvalue weighted by Gasteiger charge is -2.08. The maximum Gasteiger partial charge on any atom is 0.252 e. The summed E-state index contributed by atoms with van der Waals surface area (Å²) in [7, 11) is 0. The normalized spacial score (nSPS) is 11.0. The number of amides is 1. The van der Waals surface area contributed by atoms with Crippen LogP contribution in [-0.4, -0.2) is 10.9 Å². The van der Waals surface area contributed by atoms with Gasteiger partial charge in [0.1, 0.15) is 5.01 Å². The van der Waals surface area contributed by atoms with E-state index in [-0.39, 0.29) is 5.91 Å². The first-order chi connectivity index (χ1) is 14.3. The molecule has 140 valence electrons. The first-order valence-electron chi connectivity index (χ1n) is 9.49. The quantitative estimate of drug-likeness (QED) is 0.403. The molecule has 4 heteroatoms.